The third-order valence-corrected chi connectivity index (χ3v) is 5.51. The van der Waals surface area contributed by atoms with Gasteiger partial charge in [0, 0.05) is 23.5 Å². The minimum absolute atomic E-state index is 0.347. The van der Waals surface area contributed by atoms with Gasteiger partial charge < -0.3 is 9.47 Å². The smallest absolute Gasteiger partial charge is 0.347 e. The van der Waals surface area contributed by atoms with Crippen LogP contribution in [0.5, 0.6) is 5.75 Å². The molecule has 1 aromatic heterocycles. The molecule has 33 heavy (non-hydrogen) atoms. The molecule has 174 valence electrons. The van der Waals surface area contributed by atoms with Gasteiger partial charge in [0.1, 0.15) is 5.75 Å². The Kier molecular flexibility index (Phi) is 9.43. The summed E-state index contributed by atoms with van der Waals surface area (Å²) < 4.78 is 10.9. The van der Waals surface area contributed by atoms with Gasteiger partial charge in [-0.1, -0.05) is 57.4 Å². The maximum Gasteiger partial charge on any atom is 0.347 e. The maximum atomic E-state index is 12.0. The summed E-state index contributed by atoms with van der Waals surface area (Å²) in [5.74, 6) is 0.906. The fourth-order valence-electron chi connectivity index (χ4n) is 3.44. The first-order valence-corrected chi connectivity index (χ1v) is 12.0. The summed E-state index contributed by atoms with van der Waals surface area (Å²) >= 11 is 0. The zero-order valence-electron chi connectivity index (χ0n) is 19.9. The summed E-state index contributed by atoms with van der Waals surface area (Å²) in [6.45, 7) is 6.41. The molecular formula is C28H34N2O3. The quantitative estimate of drug-likeness (QED) is 0.230. The van der Waals surface area contributed by atoms with Crippen molar-refractivity contribution in [2.45, 2.75) is 65.4 Å². The van der Waals surface area contributed by atoms with Gasteiger partial charge in [0.05, 0.1) is 6.61 Å². The number of esters is 1. The lowest BCUT2D eigenvalue weighted by atomic mass is 10.0. The lowest BCUT2D eigenvalue weighted by molar-refractivity contribution is -0.151. The van der Waals surface area contributed by atoms with Crippen LogP contribution in [0.3, 0.4) is 0 Å². The number of carbonyl (C=O) groups is 1. The number of hydrogen-bond donors (Lipinski definition) is 0. The van der Waals surface area contributed by atoms with E-state index in [1.165, 1.54) is 24.8 Å². The first kappa shape index (κ1) is 24.4. The zero-order chi connectivity index (χ0) is 23.5. The summed E-state index contributed by atoms with van der Waals surface area (Å²) in [5, 5.41) is 0. The summed E-state index contributed by atoms with van der Waals surface area (Å²) in [6, 6.07) is 16.1. The minimum Gasteiger partial charge on any atom is -0.479 e. The normalized spacial score (nSPS) is 11.7. The van der Waals surface area contributed by atoms with Crippen LogP contribution in [-0.4, -0.2) is 28.6 Å². The molecule has 0 radical (unpaired) electrons. The standard InChI is InChI=1S/C28H34N2O3/c1-4-6-8-9-22-10-12-23(13-11-22)25-19-29-27(30-20-25)24-14-16-26(17-15-24)33-21(3)28(31)32-18-7-5-2/h10-17,19-21H,4-9,18H2,1-3H3. The van der Waals surface area contributed by atoms with Gasteiger partial charge in [-0.05, 0) is 61.6 Å². The van der Waals surface area contributed by atoms with Gasteiger partial charge in [-0.15, -0.1) is 0 Å². The van der Waals surface area contributed by atoms with Gasteiger partial charge in [-0.2, -0.15) is 0 Å². The molecule has 0 bridgehead atoms. The number of aromatic nitrogens is 2. The molecule has 0 spiro atoms. The number of ether oxygens (including phenoxy) is 2. The average Bonchev–Trinajstić information content (AvgIpc) is 2.85. The Balaban J connectivity index is 1.58. The van der Waals surface area contributed by atoms with Crippen molar-refractivity contribution in [3.05, 3.63) is 66.5 Å². The first-order chi connectivity index (χ1) is 16.1. The molecule has 0 aliphatic rings. The van der Waals surface area contributed by atoms with Gasteiger partial charge in [0.25, 0.3) is 0 Å². The van der Waals surface area contributed by atoms with E-state index in [-0.39, 0.29) is 5.97 Å². The van der Waals surface area contributed by atoms with Gasteiger partial charge >= 0.3 is 5.97 Å². The van der Waals surface area contributed by atoms with E-state index in [1.54, 1.807) is 6.92 Å². The molecule has 0 saturated carbocycles. The Morgan fingerprint density at radius 3 is 2.09 bits per heavy atom. The number of carbonyl (C=O) groups excluding carboxylic acids is 1. The predicted octanol–water partition coefficient (Wildman–Crippen LogP) is 6.65. The Bertz CT molecular complexity index is 983. The van der Waals surface area contributed by atoms with E-state index in [1.807, 2.05) is 36.7 Å². The third kappa shape index (κ3) is 7.41. The van der Waals surface area contributed by atoms with E-state index < -0.39 is 6.10 Å². The maximum absolute atomic E-state index is 12.0. The molecule has 0 aliphatic heterocycles. The SMILES string of the molecule is CCCCCc1ccc(-c2cnc(-c3ccc(OC(C)C(=O)OCCCC)cc3)nc2)cc1. The molecule has 1 atom stereocenters. The highest BCUT2D eigenvalue weighted by atomic mass is 16.6. The zero-order valence-corrected chi connectivity index (χ0v) is 19.9. The van der Waals surface area contributed by atoms with Crippen LogP contribution in [0.15, 0.2) is 60.9 Å². The summed E-state index contributed by atoms with van der Waals surface area (Å²) in [4.78, 5) is 21.1. The highest BCUT2D eigenvalue weighted by Gasteiger charge is 2.16. The Morgan fingerprint density at radius 2 is 1.45 bits per heavy atom. The second-order valence-electron chi connectivity index (χ2n) is 8.25. The van der Waals surface area contributed by atoms with Crippen molar-refractivity contribution in [1.82, 2.24) is 9.97 Å². The van der Waals surface area contributed by atoms with Crippen LogP contribution in [0, 0.1) is 0 Å². The topological polar surface area (TPSA) is 61.3 Å². The van der Waals surface area contributed by atoms with Gasteiger partial charge in [-0.3, -0.25) is 0 Å². The van der Waals surface area contributed by atoms with E-state index in [4.69, 9.17) is 9.47 Å². The van der Waals surface area contributed by atoms with Crippen LogP contribution < -0.4 is 4.74 Å². The lowest BCUT2D eigenvalue weighted by Crippen LogP contribution is -2.26. The lowest BCUT2D eigenvalue weighted by Gasteiger charge is -2.14. The monoisotopic (exact) mass is 446 g/mol. The van der Waals surface area contributed by atoms with E-state index in [0.717, 1.165) is 36.0 Å². The molecule has 0 N–H and O–H groups in total. The van der Waals surface area contributed by atoms with E-state index >= 15 is 0 Å². The van der Waals surface area contributed by atoms with Crippen LogP contribution in [0.2, 0.25) is 0 Å². The van der Waals surface area contributed by atoms with Crippen molar-refractivity contribution >= 4 is 5.97 Å². The van der Waals surface area contributed by atoms with Gasteiger partial charge in [0.15, 0.2) is 11.9 Å². The van der Waals surface area contributed by atoms with Crippen molar-refractivity contribution in [2.24, 2.45) is 0 Å². The number of nitrogens with zero attached hydrogens (tertiary/aromatic N) is 2. The molecule has 5 heteroatoms. The Hall–Kier alpha value is -3.21. The van der Waals surface area contributed by atoms with Crippen molar-refractivity contribution in [1.29, 1.82) is 0 Å². The fraction of sp³-hybridized carbons (Fsp3) is 0.393. The second-order valence-corrected chi connectivity index (χ2v) is 8.25. The van der Waals surface area contributed by atoms with Crippen LogP contribution in [0.1, 0.15) is 58.4 Å². The number of benzene rings is 2. The van der Waals surface area contributed by atoms with Crippen molar-refractivity contribution in [3.8, 4) is 28.3 Å². The first-order valence-electron chi connectivity index (χ1n) is 12.0. The van der Waals surface area contributed by atoms with Crippen LogP contribution >= 0.6 is 0 Å². The van der Waals surface area contributed by atoms with Crippen molar-refractivity contribution in [3.63, 3.8) is 0 Å². The predicted molar refractivity (Wildman–Crippen MR) is 132 cm³/mol. The number of rotatable bonds is 12. The average molecular weight is 447 g/mol. The molecule has 1 heterocycles. The van der Waals surface area contributed by atoms with E-state index in [9.17, 15) is 4.79 Å². The number of unbranched alkanes of at least 4 members (excludes halogenated alkanes) is 3. The summed E-state index contributed by atoms with van der Waals surface area (Å²) in [5.41, 5.74) is 4.37. The number of aryl methyl sites for hydroxylation is 1. The number of hydrogen-bond acceptors (Lipinski definition) is 5. The molecule has 2 aromatic carbocycles. The summed E-state index contributed by atoms with van der Waals surface area (Å²) in [6.07, 6.45) is 9.77. The highest BCUT2D eigenvalue weighted by molar-refractivity contribution is 5.74. The molecule has 3 rings (SSSR count). The highest BCUT2D eigenvalue weighted by Crippen LogP contribution is 2.23. The third-order valence-electron chi connectivity index (χ3n) is 5.51. The molecule has 0 saturated heterocycles. The van der Waals surface area contributed by atoms with Crippen LogP contribution in [0.4, 0.5) is 0 Å². The summed E-state index contributed by atoms with van der Waals surface area (Å²) in [7, 11) is 0. The second kappa shape index (κ2) is 12.7. The van der Waals surface area contributed by atoms with Crippen LogP contribution in [0.25, 0.3) is 22.5 Å². The molecule has 1 unspecified atom stereocenters. The Labute approximate surface area is 197 Å². The van der Waals surface area contributed by atoms with E-state index in [2.05, 4.69) is 48.1 Å². The van der Waals surface area contributed by atoms with E-state index in [0.29, 0.717) is 18.2 Å². The van der Waals surface area contributed by atoms with Crippen molar-refractivity contribution < 1.29 is 14.3 Å². The fourth-order valence-corrected chi connectivity index (χ4v) is 3.44. The minimum atomic E-state index is -0.652. The molecule has 3 aromatic rings. The van der Waals surface area contributed by atoms with Crippen molar-refractivity contribution in [2.75, 3.05) is 6.61 Å². The molecule has 0 aliphatic carbocycles. The van der Waals surface area contributed by atoms with Gasteiger partial charge in [0.2, 0.25) is 0 Å². The largest absolute Gasteiger partial charge is 0.479 e. The molecule has 0 amide bonds. The van der Waals surface area contributed by atoms with Gasteiger partial charge in [-0.25, -0.2) is 14.8 Å². The molecule has 0 fully saturated rings. The molecular weight excluding hydrogens is 412 g/mol. The molecule has 5 nitrogen and oxygen atoms in total. The van der Waals surface area contributed by atoms with Crippen LogP contribution in [-0.2, 0) is 16.0 Å². The Morgan fingerprint density at radius 1 is 0.818 bits per heavy atom.